The molecule has 106 valence electrons. The zero-order valence-corrected chi connectivity index (χ0v) is 12.9. The third kappa shape index (κ3) is 4.37. The lowest BCUT2D eigenvalue weighted by atomic mass is 10.2. The van der Waals surface area contributed by atoms with Crippen molar-refractivity contribution in [3.63, 3.8) is 0 Å². The minimum absolute atomic E-state index is 0.377. The Balaban J connectivity index is 2.09. The summed E-state index contributed by atoms with van der Waals surface area (Å²) in [6.45, 7) is 4.90. The van der Waals surface area contributed by atoms with Crippen LogP contribution in [-0.4, -0.2) is 11.0 Å². The van der Waals surface area contributed by atoms with E-state index in [2.05, 4.69) is 24.1 Å². The van der Waals surface area contributed by atoms with E-state index in [1.807, 2.05) is 12.1 Å². The molecule has 0 saturated carbocycles. The molecule has 0 amide bonds. The summed E-state index contributed by atoms with van der Waals surface area (Å²) in [7, 11) is 0. The quantitative estimate of drug-likeness (QED) is 0.870. The van der Waals surface area contributed by atoms with Gasteiger partial charge >= 0.3 is 0 Å². The monoisotopic (exact) mass is 310 g/mol. The summed E-state index contributed by atoms with van der Waals surface area (Å²) in [5.74, 6) is 0.988. The predicted molar refractivity (Wildman–Crippen MR) is 82.7 cm³/mol. The lowest BCUT2D eigenvalue weighted by molar-refractivity contribution is 0.462. The molecule has 0 saturated heterocycles. The average Bonchev–Trinajstić information content (AvgIpc) is 2.39. The van der Waals surface area contributed by atoms with Gasteiger partial charge in [-0.3, -0.25) is 0 Å². The fraction of sp³-hybridized carbons (Fsp3) is 0.267. The molecule has 1 N–H and O–H groups in total. The third-order valence-corrected chi connectivity index (χ3v) is 3.09. The molecule has 0 aliphatic rings. The van der Waals surface area contributed by atoms with E-state index in [1.165, 1.54) is 0 Å². The molecule has 1 aromatic carbocycles. The van der Waals surface area contributed by atoms with E-state index in [0.29, 0.717) is 27.7 Å². The maximum absolute atomic E-state index is 6.19. The summed E-state index contributed by atoms with van der Waals surface area (Å²) >= 11 is 12.1. The molecule has 0 spiro atoms. The molecule has 3 nitrogen and oxygen atoms in total. The van der Waals surface area contributed by atoms with Crippen LogP contribution in [0.15, 0.2) is 36.5 Å². The second-order valence-electron chi connectivity index (χ2n) is 4.73. The highest BCUT2D eigenvalue weighted by Crippen LogP contribution is 2.28. The summed E-state index contributed by atoms with van der Waals surface area (Å²) in [5, 5.41) is 4.40. The van der Waals surface area contributed by atoms with Crippen LogP contribution in [0.3, 0.4) is 0 Å². The Morgan fingerprint density at radius 2 is 2.05 bits per heavy atom. The number of nitrogens with zero attached hydrogens (tertiary/aromatic N) is 1. The SMILES string of the molecule is CC(C)NCc1cnc(Oc2cccc(Cl)c2)c(Cl)c1. The van der Waals surface area contributed by atoms with Crippen molar-refractivity contribution in [2.75, 3.05) is 0 Å². The van der Waals surface area contributed by atoms with Gasteiger partial charge in [0.25, 0.3) is 0 Å². The minimum atomic E-state index is 0.377. The van der Waals surface area contributed by atoms with Crippen molar-refractivity contribution in [3.05, 3.63) is 52.1 Å². The highest BCUT2D eigenvalue weighted by molar-refractivity contribution is 6.32. The van der Waals surface area contributed by atoms with Gasteiger partial charge in [-0.1, -0.05) is 43.1 Å². The Kier molecular flexibility index (Phi) is 5.24. The van der Waals surface area contributed by atoms with Crippen LogP contribution in [0.25, 0.3) is 0 Å². The van der Waals surface area contributed by atoms with Crippen LogP contribution in [0.1, 0.15) is 19.4 Å². The topological polar surface area (TPSA) is 34.2 Å². The van der Waals surface area contributed by atoms with Crippen LogP contribution < -0.4 is 10.1 Å². The molecule has 0 atom stereocenters. The summed E-state index contributed by atoms with van der Waals surface area (Å²) in [4.78, 5) is 4.24. The van der Waals surface area contributed by atoms with Crippen LogP contribution in [-0.2, 0) is 6.54 Å². The summed E-state index contributed by atoms with van der Waals surface area (Å²) in [6.07, 6.45) is 1.75. The number of rotatable bonds is 5. The van der Waals surface area contributed by atoms with Gasteiger partial charge in [0.1, 0.15) is 10.8 Å². The first-order valence-corrected chi connectivity index (χ1v) is 7.11. The summed E-state index contributed by atoms with van der Waals surface area (Å²) in [5.41, 5.74) is 1.02. The maximum atomic E-state index is 6.19. The lowest BCUT2D eigenvalue weighted by Crippen LogP contribution is -2.21. The van der Waals surface area contributed by atoms with Crippen LogP contribution in [0.2, 0.25) is 10.0 Å². The number of hydrogen-bond acceptors (Lipinski definition) is 3. The normalized spacial score (nSPS) is 10.8. The molecule has 5 heteroatoms. The number of ether oxygens (including phenoxy) is 1. The molecule has 0 radical (unpaired) electrons. The van der Waals surface area contributed by atoms with Gasteiger partial charge in [-0.2, -0.15) is 0 Å². The van der Waals surface area contributed by atoms with Gasteiger partial charge in [-0.25, -0.2) is 4.98 Å². The largest absolute Gasteiger partial charge is 0.437 e. The number of hydrogen-bond donors (Lipinski definition) is 1. The number of halogens is 2. The van der Waals surface area contributed by atoms with E-state index in [9.17, 15) is 0 Å². The van der Waals surface area contributed by atoms with Crippen LogP contribution in [0.5, 0.6) is 11.6 Å². The zero-order chi connectivity index (χ0) is 14.5. The lowest BCUT2D eigenvalue weighted by Gasteiger charge is -2.10. The van der Waals surface area contributed by atoms with Gasteiger partial charge < -0.3 is 10.1 Å². The average molecular weight is 311 g/mol. The summed E-state index contributed by atoms with van der Waals surface area (Å²) in [6, 6.07) is 9.38. The highest BCUT2D eigenvalue weighted by atomic mass is 35.5. The maximum Gasteiger partial charge on any atom is 0.238 e. The molecule has 2 rings (SSSR count). The summed E-state index contributed by atoms with van der Waals surface area (Å²) < 4.78 is 5.62. The first kappa shape index (κ1) is 15.1. The Morgan fingerprint density at radius 3 is 2.70 bits per heavy atom. The van der Waals surface area contributed by atoms with Crippen LogP contribution >= 0.6 is 23.2 Å². The van der Waals surface area contributed by atoms with Crippen molar-refractivity contribution < 1.29 is 4.74 Å². The van der Waals surface area contributed by atoms with Crippen molar-refractivity contribution in [1.82, 2.24) is 10.3 Å². The van der Waals surface area contributed by atoms with E-state index < -0.39 is 0 Å². The fourth-order valence-electron chi connectivity index (χ4n) is 1.60. The molecule has 0 aliphatic carbocycles. The molecule has 0 aliphatic heterocycles. The number of pyridine rings is 1. The molecule has 1 heterocycles. The molecule has 0 unspecified atom stereocenters. The van der Waals surface area contributed by atoms with E-state index in [-0.39, 0.29) is 0 Å². The van der Waals surface area contributed by atoms with Gasteiger partial charge in [0.2, 0.25) is 5.88 Å². The van der Waals surface area contributed by atoms with E-state index in [4.69, 9.17) is 27.9 Å². The third-order valence-electron chi connectivity index (χ3n) is 2.59. The highest BCUT2D eigenvalue weighted by Gasteiger charge is 2.07. The van der Waals surface area contributed by atoms with Crippen LogP contribution in [0, 0.1) is 0 Å². The fourth-order valence-corrected chi connectivity index (χ4v) is 2.01. The molecular weight excluding hydrogens is 295 g/mol. The Morgan fingerprint density at radius 1 is 1.25 bits per heavy atom. The van der Waals surface area contributed by atoms with E-state index in [1.54, 1.807) is 24.4 Å². The first-order chi connectivity index (χ1) is 9.54. The van der Waals surface area contributed by atoms with Gasteiger partial charge in [-0.05, 0) is 29.8 Å². The van der Waals surface area contributed by atoms with Gasteiger partial charge in [0.05, 0.1) is 0 Å². The van der Waals surface area contributed by atoms with Crippen molar-refractivity contribution in [1.29, 1.82) is 0 Å². The Hall–Kier alpha value is -1.29. The predicted octanol–water partition coefficient (Wildman–Crippen LogP) is 4.68. The molecule has 2 aromatic rings. The number of nitrogens with one attached hydrogen (secondary N) is 1. The van der Waals surface area contributed by atoms with Gasteiger partial charge in [-0.15, -0.1) is 0 Å². The van der Waals surface area contributed by atoms with Gasteiger partial charge in [0, 0.05) is 23.8 Å². The number of benzene rings is 1. The molecule has 20 heavy (non-hydrogen) atoms. The van der Waals surface area contributed by atoms with Gasteiger partial charge in [0.15, 0.2) is 0 Å². The zero-order valence-electron chi connectivity index (χ0n) is 11.4. The second-order valence-corrected chi connectivity index (χ2v) is 5.57. The molecule has 1 aromatic heterocycles. The van der Waals surface area contributed by atoms with Crippen LogP contribution in [0.4, 0.5) is 0 Å². The van der Waals surface area contributed by atoms with E-state index in [0.717, 1.165) is 12.1 Å². The Labute approximate surface area is 128 Å². The van der Waals surface area contributed by atoms with Crippen molar-refractivity contribution in [2.45, 2.75) is 26.4 Å². The van der Waals surface area contributed by atoms with Crippen molar-refractivity contribution >= 4 is 23.2 Å². The van der Waals surface area contributed by atoms with E-state index >= 15 is 0 Å². The first-order valence-electron chi connectivity index (χ1n) is 6.36. The standard InChI is InChI=1S/C15H16Cl2N2O/c1-10(2)18-8-11-6-14(17)15(19-9-11)20-13-5-3-4-12(16)7-13/h3-7,9-10,18H,8H2,1-2H3. The molecule has 0 fully saturated rings. The van der Waals surface area contributed by atoms with Crippen molar-refractivity contribution in [2.24, 2.45) is 0 Å². The number of aromatic nitrogens is 1. The molecular formula is C15H16Cl2N2O. The van der Waals surface area contributed by atoms with Crippen molar-refractivity contribution in [3.8, 4) is 11.6 Å². The minimum Gasteiger partial charge on any atom is -0.437 e. The smallest absolute Gasteiger partial charge is 0.238 e. The second kappa shape index (κ2) is 6.93. The Bertz CT molecular complexity index is 588. The molecule has 0 bridgehead atoms.